The van der Waals surface area contributed by atoms with Crippen LogP contribution in [0.25, 0.3) is 10.9 Å². The summed E-state index contributed by atoms with van der Waals surface area (Å²) in [6.07, 6.45) is 9.03. The second-order valence-corrected chi connectivity index (χ2v) is 8.47. The summed E-state index contributed by atoms with van der Waals surface area (Å²) in [6, 6.07) is 8.52. The molecule has 0 fully saturated rings. The molecule has 26 heavy (non-hydrogen) atoms. The van der Waals surface area contributed by atoms with E-state index in [9.17, 15) is 0 Å². The van der Waals surface area contributed by atoms with E-state index in [0.717, 1.165) is 29.6 Å². The Hall–Kier alpha value is -1.53. The zero-order valence-corrected chi connectivity index (χ0v) is 18.2. The third-order valence-corrected chi connectivity index (χ3v) is 5.12. The van der Waals surface area contributed by atoms with E-state index in [1.54, 1.807) is 0 Å². The Kier molecular flexibility index (Phi) is 7.97. The van der Waals surface area contributed by atoms with E-state index in [2.05, 4.69) is 84.3 Å². The molecule has 0 unspecified atom stereocenters. The number of fused-ring (bicyclic) bond motifs is 1. The summed E-state index contributed by atoms with van der Waals surface area (Å²) in [4.78, 5) is 4.70. The van der Waals surface area contributed by atoms with Crippen molar-refractivity contribution in [3.63, 3.8) is 0 Å². The Morgan fingerprint density at radius 2 is 1.81 bits per heavy atom. The normalized spacial score (nSPS) is 11.9. The molecule has 140 valence electrons. The number of aliphatic imine (C=N–C) groups is 1. The van der Waals surface area contributed by atoms with Crippen molar-refractivity contribution in [3.8, 4) is 11.8 Å². The third-order valence-electron chi connectivity index (χ3n) is 4.27. The number of rotatable bonds is 7. The molecule has 0 amide bonds. The maximum atomic E-state index is 4.70. The van der Waals surface area contributed by atoms with Crippen molar-refractivity contribution < 1.29 is 0 Å². The van der Waals surface area contributed by atoms with Crippen LogP contribution in [0.15, 0.2) is 33.9 Å². The van der Waals surface area contributed by atoms with Crippen LogP contribution in [-0.4, -0.2) is 16.3 Å². The molecule has 0 radical (unpaired) electrons. The predicted octanol–water partition coefficient (Wildman–Crippen LogP) is 6.99. The Bertz CT molecular complexity index is 797. The first kappa shape index (κ1) is 20.8. The maximum Gasteiger partial charge on any atom is 0.0946 e. The van der Waals surface area contributed by atoms with Gasteiger partial charge in [-0.05, 0) is 49.2 Å². The Labute approximate surface area is 167 Å². The number of benzene rings is 1. The number of aryl methyl sites for hydroxylation is 1. The summed E-state index contributed by atoms with van der Waals surface area (Å²) in [5.74, 6) is 6.67. The van der Waals surface area contributed by atoms with Gasteiger partial charge in [0.05, 0.1) is 10.1 Å². The number of hydrogen-bond acceptors (Lipinski definition) is 1. The molecular weight excluding hydrogens is 384 g/mol. The molecule has 2 aromatic rings. The van der Waals surface area contributed by atoms with E-state index in [4.69, 9.17) is 4.99 Å². The topological polar surface area (TPSA) is 17.3 Å². The van der Waals surface area contributed by atoms with Crippen molar-refractivity contribution in [2.24, 2.45) is 4.99 Å². The Morgan fingerprint density at radius 3 is 2.54 bits per heavy atom. The number of aromatic nitrogens is 1. The minimum absolute atomic E-state index is 0.0775. The van der Waals surface area contributed by atoms with Gasteiger partial charge in [-0.2, -0.15) is 0 Å². The molecular formula is C23H31BrN2. The lowest BCUT2D eigenvalue weighted by atomic mass is 10.1. The molecule has 0 aliphatic heterocycles. The second-order valence-electron chi connectivity index (χ2n) is 7.72. The zero-order valence-electron chi connectivity index (χ0n) is 16.6. The molecule has 0 aliphatic rings. The van der Waals surface area contributed by atoms with Gasteiger partial charge < -0.3 is 4.57 Å². The number of para-hydroxylation sites is 1. The van der Waals surface area contributed by atoms with Gasteiger partial charge in [-0.25, -0.2) is 0 Å². The molecule has 0 aliphatic carbocycles. The van der Waals surface area contributed by atoms with Crippen molar-refractivity contribution in [3.05, 3.63) is 34.4 Å². The third kappa shape index (κ3) is 6.02. The number of nitrogens with zero attached hydrogens (tertiary/aromatic N) is 2. The van der Waals surface area contributed by atoms with Gasteiger partial charge in [0.1, 0.15) is 0 Å². The second kappa shape index (κ2) is 9.97. The Morgan fingerprint density at radius 1 is 1.08 bits per heavy atom. The first-order valence-electron chi connectivity index (χ1n) is 9.71. The predicted molar refractivity (Wildman–Crippen MR) is 118 cm³/mol. The van der Waals surface area contributed by atoms with Crippen LogP contribution in [0.2, 0.25) is 0 Å². The SMILES string of the molecule is CCCCCCC#CCCn1c(Br)c(C=NC(C)(C)C)c2ccccc21. The van der Waals surface area contributed by atoms with Crippen LogP contribution in [0.5, 0.6) is 0 Å². The highest BCUT2D eigenvalue weighted by molar-refractivity contribution is 9.10. The fourth-order valence-electron chi connectivity index (χ4n) is 2.88. The van der Waals surface area contributed by atoms with Crippen molar-refractivity contribution in [2.75, 3.05) is 0 Å². The zero-order chi connectivity index (χ0) is 19.0. The average molecular weight is 415 g/mol. The van der Waals surface area contributed by atoms with Gasteiger partial charge in [0, 0.05) is 42.1 Å². The molecule has 2 rings (SSSR count). The number of unbranched alkanes of at least 4 members (excludes halogenated alkanes) is 4. The van der Waals surface area contributed by atoms with Gasteiger partial charge in [0.2, 0.25) is 0 Å². The highest BCUT2D eigenvalue weighted by atomic mass is 79.9. The van der Waals surface area contributed by atoms with Crippen LogP contribution in [-0.2, 0) is 6.54 Å². The van der Waals surface area contributed by atoms with Crippen LogP contribution in [0.4, 0.5) is 0 Å². The summed E-state index contributed by atoms with van der Waals surface area (Å²) < 4.78 is 3.40. The highest BCUT2D eigenvalue weighted by Gasteiger charge is 2.14. The summed E-state index contributed by atoms with van der Waals surface area (Å²) in [5.41, 5.74) is 2.31. The van der Waals surface area contributed by atoms with Crippen LogP contribution in [0.1, 0.15) is 71.8 Å². The molecule has 3 heteroatoms. The fourth-order valence-corrected chi connectivity index (χ4v) is 3.57. The lowest BCUT2D eigenvalue weighted by Gasteiger charge is -2.10. The monoisotopic (exact) mass is 414 g/mol. The van der Waals surface area contributed by atoms with Gasteiger partial charge in [0.25, 0.3) is 0 Å². The standard InChI is InChI=1S/C23H31BrN2/c1-5-6-7-8-9-10-11-14-17-26-21-16-13-12-15-19(21)20(22(26)24)18-25-23(2,3)4/h12-13,15-16,18H,5-9,14,17H2,1-4H3. The first-order valence-corrected chi connectivity index (χ1v) is 10.5. The summed E-state index contributed by atoms with van der Waals surface area (Å²) in [6.45, 7) is 9.49. The summed E-state index contributed by atoms with van der Waals surface area (Å²) >= 11 is 3.80. The van der Waals surface area contributed by atoms with Crippen LogP contribution < -0.4 is 0 Å². The Balaban J connectivity index is 2.12. The molecule has 2 nitrogen and oxygen atoms in total. The molecule has 0 saturated carbocycles. The lowest BCUT2D eigenvalue weighted by molar-refractivity contribution is 0.586. The van der Waals surface area contributed by atoms with Gasteiger partial charge in [-0.15, -0.1) is 11.8 Å². The summed E-state index contributed by atoms with van der Waals surface area (Å²) in [7, 11) is 0. The van der Waals surface area contributed by atoms with Crippen molar-refractivity contribution in [1.29, 1.82) is 0 Å². The van der Waals surface area contributed by atoms with E-state index in [-0.39, 0.29) is 5.54 Å². The van der Waals surface area contributed by atoms with Gasteiger partial charge in [-0.3, -0.25) is 4.99 Å². The number of halogens is 1. The van der Waals surface area contributed by atoms with E-state index >= 15 is 0 Å². The van der Waals surface area contributed by atoms with E-state index in [1.807, 2.05) is 6.21 Å². The van der Waals surface area contributed by atoms with Gasteiger partial charge >= 0.3 is 0 Å². The quantitative estimate of drug-likeness (QED) is 0.264. The molecule has 0 atom stereocenters. The summed E-state index contributed by atoms with van der Waals surface area (Å²) in [5, 5.41) is 1.24. The van der Waals surface area contributed by atoms with Crippen LogP contribution in [0.3, 0.4) is 0 Å². The molecule has 0 bridgehead atoms. The van der Waals surface area contributed by atoms with Crippen LogP contribution in [0, 0.1) is 11.8 Å². The molecule has 1 aromatic heterocycles. The number of hydrogen-bond donors (Lipinski definition) is 0. The van der Waals surface area contributed by atoms with Crippen molar-refractivity contribution in [2.45, 2.75) is 78.3 Å². The molecule has 1 aromatic carbocycles. The molecule has 1 heterocycles. The minimum atomic E-state index is -0.0775. The van der Waals surface area contributed by atoms with Crippen molar-refractivity contribution in [1.82, 2.24) is 4.57 Å². The van der Waals surface area contributed by atoms with E-state index < -0.39 is 0 Å². The minimum Gasteiger partial charge on any atom is -0.334 e. The smallest absolute Gasteiger partial charge is 0.0946 e. The molecule has 0 saturated heterocycles. The molecule has 0 spiro atoms. The van der Waals surface area contributed by atoms with E-state index in [1.165, 1.54) is 36.6 Å². The largest absolute Gasteiger partial charge is 0.334 e. The average Bonchev–Trinajstić information content (AvgIpc) is 2.86. The maximum absolute atomic E-state index is 4.70. The van der Waals surface area contributed by atoms with Gasteiger partial charge in [0.15, 0.2) is 0 Å². The lowest BCUT2D eigenvalue weighted by Crippen LogP contribution is -2.09. The van der Waals surface area contributed by atoms with Crippen molar-refractivity contribution >= 4 is 33.0 Å². The highest BCUT2D eigenvalue weighted by Crippen LogP contribution is 2.29. The van der Waals surface area contributed by atoms with E-state index in [0.29, 0.717) is 0 Å². The van der Waals surface area contributed by atoms with Crippen LogP contribution >= 0.6 is 15.9 Å². The van der Waals surface area contributed by atoms with Gasteiger partial charge in [-0.1, -0.05) is 44.4 Å². The molecule has 0 N–H and O–H groups in total. The first-order chi connectivity index (χ1) is 12.4. The fraction of sp³-hybridized carbons (Fsp3) is 0.522.